The molecule has 10 nitrogen and oxygen atoms in total. The number of ether oxygens (including phenoxy) is 1. The molecule has 16 heteroatoms. The van der Waals surface area contributed by atoms with Gasteiger partial charge >= 0.3 is 18.2 Å². The van der Waals surface area contributed by atoms with Gasteiger partial charge in [-0.1, -0.05) is 30.1 Å². The number of amides is 2. The summed E-state index contributed by atoms with van der Waals surface area (Å²) in [6.45, 7) is 6.10. The van der Waals surface area contributed by atoms with Gasteiger partial charge < -0.3 is 25.0 Å². The minimum Gasteiger partial charge on any atom is -0.480 e. The number of nitrogens with one attached hydrogen (secondary N) is 1. The van der Waals surface area contributed by atoms with Crippen molar-refractivity contribution in [3.8, 4) is 0 Å². The molecular weight excluding hydrogens is 650 g/mol. The van der Waals surface area contributed by atoms with Gasteiger partial charge in [-0.2, -0.15) is 13.2 Å². The second kappa shape index (κ2) is 14.2. The quantitative estimate of drug-likeness (QED) is 0.283. The van der Waals surface area contributed by atoms with Crippen LogP contribution in [0.5, 0.6) is 0 Å². The lowest BCUT2D eigenvalue weighted by molar-refractivity contribution is -0.139. The Hall–Kier alpha value is -3.23. The number of nitrogens with zero attached hydrogens (tertiary/aromatic N) is 2. The van der Waals surface area contributed by atoms with Crippen LogP contribution in [0.4, 0.5) is 29.3 Å². The van der Waals surface area contributed by atoms with E-state index in [4.69, 9.17) is 27.9 Å². The fraction of sp³-hybridized carbons (Fsp3) is 0.464. The molecule has 2 aromatic rings. The number of benzene rings is 2. The minimum absolute atomic E-state index is 0.0315. The number of carbonyl (C=O) groups is 3. The molecule has 244 valence electrons. The molecular formula is C28H34Cl2F3N3O7S. The van der Waals surface area contributed by atoms with Crippen molar-refractivity contribution in [2.24, 2.45) is 0 Å². The van der Waals surface area contributed by atoms with Crippen LogP contribution in [0.15, 0.2) is 35.2 Å². The van der Waals surface area contributed by atoms with Crippen LogP contribution >= 0.6 is 23.2 Å². The van der Waals surface area contributed by atoms with Crippen LogP contribution in [-0.4, -0.2) is 69.5 Å². The average Bonchev–Trinajstić information content (AvgIpc) is 2.89. The van der Waals surface area contributed by atoms with Crippen LogP contribution in [0.1, 0.15) is 56.5 Å². The van der Waals surface area contributed by atoms with Crippen molar-refractivity contribution in [2.45, 2.75) is 63.3 Å². The summed E-state index contributed by atoms with van der Waals surface area (Å²) in [5.74, 6) is -2.62. The Morgan fingerprint density at radius 1 is 1.07 bits per heavy atom. The third kappa shape index (κ3) is 9.63. The summed E-state index contributed by atoms with van der Waals surface area (Å²) < 4.78 is 73.1. The van der Waals surface area contributed by atoms with Crippen molar-refractivity contribution in [2.75, 3.05) is 36.2 Å². The highest BCUT2D eigenvalue weighted by Crippen LogP contribution is 2.42. The molecule has 0 radical (unpaired) electrons. The molecule has 2 aromatic carbocycles. The van der Waals surface area contributed by atoms with Crippen LogP contribution < -0.4 is 15.1 Å². The Bertz CT molecular complexity index is 1510. The fourth-order valence-corrected chi connectivity index (χ4v) is 5.78. The number of hydrogen-bond donors (Lipinski definition) is 2. The van der Waals surface area contributed by atoms with Gasteiger partial charge in [0.1, 0.15) is 11.6 Å². The molecule has 0 spiro atoms. The molecule has 0 aromatic heterocycles. The Balaban J connectivity index is 2.37. The summed E-state index contributed by atoms with van der Waals surface area (Å²) in [6.07, 6.45) is -6.02. The fourth-order valence-electron chi connectivity index (χ4n) is 4.15. The summed E-state index contributed by atoms with van der Waals surface area (Å²) in [4.78, 5) is 38.8. The zero-order chi connectivity index (χ0) is 33.8. The molecule has 0 saturated heterocycles. The van der Waals surface area contributed by atoms with Gasteiger partial charge in [0.25, 0.3) is 5.91 Å². The van der Waals surface area contributed by atoms with Gasteiger partial charge in [-0.15, -0.1) is 0 Å². The summed E-state index contributed by atoms with van der Waals surface area (Å²) in [5.41, 5.74) is -3.15. The minimum atomic E-state index is -4.96. The molecule has 2 amide bonds. The summed E-state index contributed by atoms with van der Waals surface area (Å²) in [5, 5.41) is 11.4. The SMILES string of the molecule is CCS(=O)(=O)c1ccc(Cl)cc1N(C)C(=O)c1cc(Cl)c(N(C)CCC[C@H](NC(=O)OC(C)(C)C)C(=O)O)c(C(F)(F)F)c1. The molecule has 0 aliphatic heterocycles. The number of alkyl carbamates (subject to hydrolysis) is 1. The predicted octanol–water partition coefficient (Wildman–Crippen LogP) is 6.28. The van der Waals surface area contributed by atoms with E-state index in [0.717, 1.165) is 11.0 Å². The number of carboxylic acids is 1. The largest absolute Gasteiger partial charge is 0.480 e. The average molecular weight is 685 g/mol. The van der Waals surface area contributed by atoms with E-state index in [-0.39, 0.29) is 40.7 Å². The maximum Gasteiger partial charge on any atom is 0.418 e. The maximum atomic E-state index is 14.3. The molecule has 0 aliphatic carbocycles. The van der Waals surface area contributed by atoms with Crippen molar-refractivity contribution in [3.05, 3.63) is 51.5 Å². The number of anilines is 2. The smallest absolute Gasteiger partial charge is 0.418 e. The number of carbonyl (C=O) groups excluding carboxylic acids is 2. The number of hydrogen-bond acceptors (Lipinski definition) is 7. The predicted molar refractivity (Wildman–Crippen MR) is 162 cm³/mol. The molecule has 0 fully saturated rings. The Kier molecular flexibility index (Phi) is 12.0. The third-order valence-corrected chi connectivity index (χ3v) is 8.57. The van der Waals surface area contributed by atoms with Gasteiger partial charge in [0, 0.05) is 31.2 Å². The van der Waals surface area contributed by atoms with Gasteiger partial charge in [-0.05, 0) is 63.9 Å². The number of halogens is 5. The van der Waals surface area contributed by atoms with Crippen LogP contribution in [0, 0.1) is 0 Å². The van der Waals surface area contributed by atoms with Gasteiger partial charge in [0.05, 0.1) is 32.6 Å². The number of sulfone groups is 1. The van der Waals surface area contributed by atoms with Crippen molar-refractivity contribution < 1.29 is 45.8 Å². The second-order valence-corrected chi connectivity index (χ2v) is 13.9. The van der Waals surface area contributed by atoms with Crippen LogP contribution in [-0.2, 0) is 25.5 Å². The van der Waals surface area contributed by atoms with Crippen LogP contribution in [0.3, 0.4) is 0 Å². The topological polar surface area (TPSA) is 133 Å². The summed E-state index contributed by atoms with van der Waals surface area (Å²) >= 11 is 12.3. The molecule has 0 heterocycles. The van der Waals surface area contributed by atoms with E-state index < -0.39 is 67.5 Å². The monoisotopic (exact) mass is 683 g/mol. The van der Waals surface area contributed by atoms with Crippen LogP contribution in [0.2, 0.25) is 10.0 Å². The lowest BCUT2D eigenvalue weighted by atomic mass is 10.0. The number of rotatable bonds is 11. The third-order valence-electron chi connectivity index (χ3n) is 6.27. The molecule has 44 heavy (non-hydrogen) atoms. The Labute approximate surface area is 264 Å². The molecule has 2 rings (SSSR count). The zero-order valence-electron chi connectivity index (χ0n) is 24.9. The van der Waals surface area contributed by atoms with E-state index in [2.05, 4.69) is 5.32 Å². The molecule has 0 saturated carbocycles. The first-order valence-corrected chi connectivity index (χ1v) is 15.6. The highest BCUT2D eigenvalue weighted by Gasteiger charge is 2.37. The standard InChI is InChI=1S/C28H34Cl2F3N3O7S/c1-7-44(41,42)22-11-10-17(29)15-21(22)36(6)24(37)16-13-18(28(31,32)33)23(19(30)14-16)35(5)12-8-9-20(25(38)39)34-26(40)43-27(2,3)4/h10-11,13-15,20H,7-9,12H2,1-6H3,(H,34,40)(H,38,39)/t20-/m0/s1. The normalized spacial score (nSPS) is 12.8. The van der Waals surface area contributed by atoms with Gasteiger partial charge in [-0.3, -0.25) is 4.79 Å². The lowest BCUT2D eigenvalue weighted by Gasteiger charge is -2.27. The number of alkyl halides is 3. The van der Waals surface area contributed by atoms with Gasteiger partial charge in [0.2, 0.25) is 0 Å². The maximum absolute atomic E-state index is 14.3. The first-order chi connectivity index (χ1) is 20.1. The zero-order valence-corrected chi connectivity index (χ0v) is 27.2. The lowest BCUT2D eigenvalue weighted by Crippen LogP contribution is -2.43. The van der Waals surface area contributed by atoms with Crippen molar-refractivity contribution in [3.63, 3.8) is 0 Å². The van der Waals surface area contributed by atoms with E-state index in [1.807, 2.05) is 0 Å². The van der Waals surface area contributed by atoms with E-state index in [0.29, 0.717) is 6.07 Å². The molecule has 1 atom stereocenters. The first-order valence-electron chi connectivity index (χ1n) is 13.2. The second-order valence-electron chi connectivity index (χ2n) is 10.8. The highest BCUT2D eigenvalue weighted by atomic mass is 35.5. The highest BCUT2D eigenvalue weighted by molar-refractivity contribution is 7.91. The van der Waals surface area contributed by atoms with Gasteiger partial charge in [-0.25, -0.2) is 18.0 Å². The van der Waals surface area contributed by atoms with Crippen molar-refractivity contribution >= 4 is 62.4 Å². The summed E-state index contributed by atoms with van der Waals surface area (Å²) in [7, 11) is -1.31. The summed E-state index contributed by atoms with van der Waals surface area (Å²) in [6, 6.07) is 4.03. The molecule has 0 aliphatic rings. The van der Waals surface area contributed by atoms with Crippen molar-refractivity contribution in [1.82, 2.24) is 5.32 Å². The van der Waals surface area contributed by atoms with Crippen molar-refractivity contribution in [1.29, 1.82) is 0 Å². The number of carboxylic acid groups (broad SMARTS) is 1. The van der Waals surface area contributed by atoms with Crippen LogP contribution in [0.25, 0.3) is 0 Å². The molecule has 2 N–H and O–H groups in total. The van der Waals surface area contributed by atoms with E-state index >= 15 is 0 Å². The molecule has 0 unspecified atom stereocenters. The first kappa shape index (κ1) is 37.0. The Morgan fingerprint density at radius 3 is 2.20 bits per heavy atom. The Morgan fingerprint density at radius 2 is 1.68 bits per heavy atom. The van der Waals surface area contributed by atoms with E-state index in [9.17, 15) is 41.1 Å². The van der Waals surface area contributed by atoms with E-state index in [1.54, 1.807) is 20.8 Å². The van der Waals surface area contributed by atoms with Gasteiger partial charge in [0.15, 0.2) is 9.84 Å². The number of aliphatic carboxylic acids is 1. The van der Waals surface area contributed by atoms with E-state index in [1.165, 1.54) is 44.1 Å². The molecule has 0 bridgehead atoms.